The van der Waals surface area contributed by atoms with Crippen molar-refractivity contribution < 1.29 is 4.42 Å². The Bertz CT molecular complexity index is 4100. The maximum atomic E-state index is 6.24. The minimum absolute atomic E-state index is 0.528. The predicted octanol–water partition coefficient (Wildman–Crippen LogP) is 14.4. The minimum atomic E-state index is 0.528. The number of fused-ring (bicyclic) bond motifs is 12. The van der Waals surface area contributed by atoms with Crippen LogP contribution in [-0.2, 0) is 0 Å². The van der Waals surface area contributed by atoms with E-state index in [9.17, 15) is 0 Å². The fourth-order valence-corrected chi connectivity index (χ4v) is 10.1. The Balaban J connectivity index is 1.13. The van der Waals surface area contributed by atoms with E-state index in [2.05, 4.69) is 171 Å². The van der Waals surface area contributed by atoms with E-state index in [1.54, 1.807) is 0 Å². The first-order valence-corrected chi connectivity index (χ1v) is 21.5. The first-order valence-electron chi connectivity index (χ1n) is 21.5. The van der Waals surface area contributed by atoms with Crippen molar-refractivity contribution in [3.8, 4) is 40.1 Å². The first kappa shape index (κ1) is 34.9. The molecule has 0 unspecified atom stereocenters. The molecule has 5 aromatic heterocycles. The zero-order chi connectivity index (χ0) is 41.9. The number of furan rings is 1. The van der Waals surface area contributed by atoms with Crippen molar-refractivity contribution >= 4 is 87.4 Å². The van der Waals surface area contributed by atoms with Crippen LogP contribution >= 0.6 is 0 Å². The molecule has 7 heteroatoms. The second kappa shape index (κ2) is 13.3. The largest absolute Gasteiger partial charge is 0.456 e. The average molecular weight is 819 g/mol. The highest BCUT2D eigenvalue weighted by Gasteiger charge is 2.25. The zero-order valence-corrected chi connectivity index (χ0v) is 34.2. The molecule has 0 saturated heterocycles. The third-order valence-electron chi connectivity index (χ3n) is 12.9. The normalized spacial score (nSPS) is 12.1. The molecular formula is C57H34N6O. The highest BCUT2D eigenvalue weighted by atomic mass is 16.3. The van der Waals surface area contributed by atoms with Crippen molar-refractivity contribution in [1.82, 2.24) is 28.7 Å². The van der Waals surface area contributed by atoms with E-state index in [-0.39, 0.29) is 0 Å². The van der Waals surface area contributed by atoms with Crippen molar-refractivity contribution in [1.29, 1.82) is 0 Å². The summed E-state index contributed by atoms with van der Waals surface area (Å²) in [7, 11) is 0. The van der Waals surface area contributed by atoms with Gasteiger partial charge < -0.3 is 13.6 Å². The van der Waals surface area contributed by atoms with Crippen LogP contribution < -0.4 is 0 Å². The molecule has 0 amide bonds. The number of rotatable bonds is 5. The lowest BCUT2D eigenvalue weighted by Crippen LogP contribution is -2.07. The summed E-state index contributed by atoms with van der Waals surface area (Å²) in [4.78, 5) is 16.0. The van der Waals surface area contributed by atoms with Gasteiger partial charge in [0.2, 0.25) is 5.95 Å². The van der Waals surface area contributed by atoms with Crippen LogP contribution in [0.1, 0.15) is 0 Å². The molecule has 0 bridgehead atoms. The van der Waals surface area contributed by atoms with Crippen LogP contribution in [0.3, 0.4) is 0 Å². The van der Waals surface area contributed by atoms with Gasteiger partial charge >= 0.3 is 0 Å². The highest BCUT2D eigenvalue weighted by Crippen LogP contribution is 2.43. The molecular weight excluding hydrogens is 785 g/mol. The molecule has 14 rings (SSSR count). The lowest BCUT2D eigenvalue weighted by atomic mass is 10.1. The second-order valence-electron chi connectivity index (χ2n) is 16.4. The Kier molecular flexibility index (Phi) is 7.27. The lowest BCUT2D eigenvalue weighted by molar-refractivity contribution is 0.669. The Morgan fingerprint density at radius 1 is 0.312 bits per heavy atom. The summed E-state index contributed by atoms with van der Waals surface area (Å²) in [5.74, 6) is 1.69. The quantitative estimate of drug-likeness (QED) is 0.173. The van der Waals surface area contributed by atoms with Gasteiger partial charge in [0.05, 0.1) is 44.5 Å². The SMILES string of the molecule is c1ccc(-c2nc(-c3ccc4oc5ccccc5c4c3)nc(-n3c4ccccc4c4c(-n5c6ccccc6c6ccccc65)cc(-n5c6ccccc6c6ccccc65)cc43)n2)cc1. The summed E-state index contributed by atoms with van der Waals surface area (Å²) < 4.78 is 13.3. The minimum Gasteiger partial charge on any atom is -0.456 e. The van der Waals surface area contributed by atoms with Crippen LogP contribution in [0.2, 0.25) is 0 Å². The molecule has 0 aliphatic carbocycles. The van der Waals surface area contributed by atoms with E-state index < -0.39 is 0 Å². The molecule has 64 heavy (non-hydrogen) atoms. The molecule has 0 spiro atoms. The highest BCUT2D eigenvalue weighted by molar-refractivity contribution is 6.18. The van der Waals surface area contributed by atoms with E-state index >= 15 is 0 Å². The molecule has 0 atom stereocenters. The number of hydrogen-bond donors (Lipinski definition) is 0. The van der Waals surface area contributed by atoms with Gasteiger partial charge in [-0.3, -0.25) is 4.57 Å². The Hall–Kier alpha value is -8.81. The number of hydrogen-bond acceptors (Lipinski definition) is 4. The average Bonchev–Trinajstić information content (AvgIpc) is 4.10. The van der Waals surface area contributed by atoms with Crippen molar-refractivity contribution in [3.63, 3.8) is 0 Å². The van der Waals surface area contributed by atoms with Crippen molar-refractivity contribution in [2.24, 2.45) is 0 Å². The second-order valence-corrected chi connectivity index (χ2v) is 16.4. The van der Waals surface area contributed by atoms with Gasteiger partial charge in [0, 0.05) is 54.2 Å². The number of nitrogens with zero attached hydrogens (tertiary/aromatic N) is 6. The van der Waals surface area contributed by atoms with Crippen LogP contribution in [-0.4, -0.2) is 28.7 Å². The summed E-state index contributed by atoms with van der Waals surface area (Å²) in [5.41, 5.74) is 12.0. The predicted molar refractivity (Wildman–Crippen MR) is 261 cm³/mol. The number of para-hydroxylation sites is 6. The standard InChI is InChI=1S/C57H34N6O/c1-2-16-35(17-3-1)55-58-56(36-30-31-53-44(32-36)42-22-9-15-29-52(42)64-53)60-57(59-55)63-49-28-14-8-23-43(49)54-50(62-47-26-12-6-20-40(47)41-21-7-13-27-48(41)62)33-37(34-51(54)63)61-45-24-10-4-18-38(45)39-19-5-11-25-46(39)61/h1-34H. The van der Waals surface area contributed by atoms with Gasteiger partial charge in [-0.25, -0.2) is 4.98 Å². The topological polar surface area (TPSA) is 66.6 Å². The summed E-state index contributed by atoms with van der Waals surface area (Å²) in [6.07, 6.45) is 0. The van der Waals surface area contributed by atoms with Gasteiger partial charge in [-0.15, -0.1) is 0 Å². The zero-order valence-electron chi connectivity index (χ0n) is 34.2. The van der Waals surface area contributed by atoms with Gasteiger partial charge in [0.15, 0.2) is 11.6 Å². The molecule has 0 aliphatic rings. The maximum Gasteiger partial charge on any atom is 0.238 e. The Morgan fingerprint density at radius 3 is 1.42 bits per heavy atom. The Morgan fingerprint density at radius 2 is 0.797 bits per heavy atom. The van der Waals surface area contributed by atoms with Crippen LogP contribution in [0.15, 0.2) is 211 Å². The Labute approximate surface area is 365 Å². The number of benzene rings is 9. The fourth-order valence-electron chi connectivity index (χ4n) is 10.1. The molecule has 0 radical (unpaired) electrons. The van der Waals surface area contributed by atoms with Crippen molar-refractivity contribution in [3.05, 3.63) is 206 Å². The van der Waals surface area contributed by atoms with E-state index in [4.69, 9.17) is 19.4 Å². The molecule has 0 fully saturated rings. The molecule has 7 nitrogen and oxygen atoms in total. The van der Waals surface area contributed by atoms with Gasteiger partial charge in [0.25, 0.3) is 0 Å². The molecule has 0 N–H and O–H groups in total. The molecule has 5 heterocycles. The summed E-state index contributed by atoms with van der Waals surface area (Å²) in [6, 6.07) is 72.7. The van der Waals surface area contributed by atoms with Gasteiger partial charge in [-0.05, 0) is 66.7 Å². The van der Waals surface area contributed by atoms with E-state index in [1.807, 2.05) is 48.5 Å². The third kappa shape index (κ3) is 5.00. The van der Waals surface area contributed by atoms with E-state index in [0.29, 0.717) is 17.6 Å². The van der Waals surface area contributed by atoms with Crippen molar-refractivity contribution in [2.45, 2.75) is 0 Å². The van der Waals surface area contributed by atoms with Crippen LogP contribution in [0.4, 0.5) is 0 Å². The third-order valence-corrected chi connectivity index (χ3v) is 12.9. The molecule has 0 aliphatic heterocycles. The summed E-state index contributed by atoms with van der Waals surface area (Å²) in [5, 5.41) is 9.07. The van der Waals surface area contributed by atoms with Crippen LogP contribution in [0, 0.1) is 0 Å². The lowest BCUT2D eigenvalue weighted by Gasteiger charge is -2.16. The monoisotopic (exact) mass is 818 g/mol. The molecule has 0 saturated carbocycles. The smallest absolute Gasteiger partial charge is 0.238 e. The first-order chi connectivity index (χ1) is 31.7. The summed E-state index contributed by atoms with van der Waals surface area (Å²) in [6.45, 7) is 0. The molecule has 14 aromatic rings. The van der Waals surface area contributed by atoms with Gasteiger partial charge in [-0.1, -0.05) is 140 Å². The fraction of sp³-hybridized carbons (Fsp3) is 0. The summed E-state index contributed by atoms with van der Waals surface area (Å²) >= 11 is 0. The molecule has 9 aromatic carbocycles. The number of aromatic nitrogens is 6. The van der Waals surface area contributed by atoms with E-state index in [0.717, 1.165) is 88.3 Å². The maximum absolute atomic E-state index is 6.24. The van der Waals surface area contributed by atoms with Gasteiger partial charge in [0.1, 0.15) is 11.2 Å². The van der Waals surface area contributed by atoms with Crippen LogP contribution in [0.25, 0.3) is 127 Å². The van der Waals surface area contributed by atoms with Crippen LogP contribution in [0.5, 0.6) is 0 Å². The van der Waals surface area contributed by atoms with E-state index in [1.165, 1.54) is 21.5 Å². The molecule has 298 valence electrons. The van der Waals surface area contributed by atoms with Gasteiger partial charge in [-0.2, -0.15) is 9.97 Å². The van der Waals surface area contributed by atoms with Crippen molar-refractivity contribution in [2.75, 3.05) is 0 Å².